The Labute approximate surface area is 134 Å². The number of benzene rings is 2. The van der Waals surface area contributed by atoms with Crippen molar-refractivity contribution in [2.24, 2.45) is 5.14 Å². The molecule has 0 amide bonds. The van der Waals surface area contributed by atoms with Crippen LogP contribution in [-0.4, -0.2) is 26.3 Å². The maximum absolute atomic E-state index is 8.95. The van der Waals surface area contributed by atoms with E-state index in [0.717, 1.165) is 49.2 Å². The molecular formula is C17H17N3OS. The predicted molar refractivity (Wildman–Crippen MR) is 92.3 cm³/mol. The Kier molecular flexibility index (Phi) is 4.64. The molecule has 0 unspecified atom stereocenters. The number of nitrogens with two attached hydrogens (primary N) is 1. The third kappa shape index (κ3) is 3.25. The van der Waals surface area contributed by atoms with E-state index in [1.807, 2.05) is 6.07 Å². The smallest absolute Gasteiger partial charge is 0.107 e. The van der Waals surface area contributed by atoms with E-state index in [1.54, 1.807) is 6.08 Å². The van der Waals surface area contributed by atoms with Gasteiger partial charge >= 0.3 is 0 Å². The summed E-state index contributed by atoms with van der Waals surface area (Å²) >= 11 is 0.973. The topological polar surface area (TPSA) is 62.3 Å². The van der Waals surface area contributed by atoms with Gasteiger partial charge in [0.1, 0.15) is 11.0 Å². The largest absolute Gasteiger partial charge is 0.378 e. The second kappa shape index (κ2) is 6.84. The van der Waals surface area contributed by atoms with Crippen LogP contribution in [0.1, 0.15) is 5.56 Å². The molecule has 1 aliphatic rings. The number of allylic oxidation sites excluding steroid dienone is 1. The Morgan fingerprint density at radius 2 is 1.91 bits per heavy atom. The van der Waals surface area contributed by atoms with Gasteiger partial charge < -0.3 is 9.64 Å². The molecule has 1 fully saturated rings. The predicted octanol–water partition coefficient (Wildman–Crippen LogP) is 3.15. The van der Waals surface area contributed by atoms with E-state index in [-0.39, 0.29) is 0 Å². The summed E-state index contributed by atoms with van der Waals surface area (Å²) in [6.45, 7) is 3.45. The third-order valence-electron chi connectivity index (χ3n) is 3.76. The molecule has 0 aliphatic carbocycles. The minimum atomic E-state index is 0.504. The number of anilines is 1. The third-order valence-corrected chi connectivity index (χ3v) is 4.22. The zero-order valence-electron chi connectivity index (χ0n) is 12.2. The van der Waals surface area contributed by atoms with Gasteiger partial charge in [0.15, 0.2) is 0 Å². The van der Waals surface area contributed by atoms with E-state index in [1.165, 1.54) is 11.1 Å². The molecule has 0 spiro atoms. The van der Waals surface area contributed by atoms with Crippen LogP contribution in [0.2, 0.25) is 0 Å². The summed E-state index contributed by atoms with van der Waals surface area (Å²) in [4.78, 5) is 2.85. The average Bonchev–Trinajstić information content (AvgIpc) is 2.60. The van der Waals surface area contributed by atoms with Crippen LogP contribution in [0.15, 0.2) is 41.3 Å². The average molecular weight is 311 g/mol. The Morgan fingerprint density at radius 3 is 2.64 bits per heavy atom. The summed E-state index contributed by atoms with van der Waals surface area (Å²) in [5, 5.41) is 16.8. The lowest BCUT2D eigenvalue weighted by molar-refractivity contribution is 0.122. The van der Waals surface area contributed by atoms with Crippen molar-refractivity contribution in [2.45, 2.75) is 0 Å². The summed E-state index contributed by atoms with van der Waals surface area (Å²) in [7, 11) is 0. The number of nitrogens with zero attached hydrogens (tertiary/aromatic N) is 2. The number of nitriles is 1. The SMILES string of the molecule is N#C/C(=C\c1ccc2cc(N3CCOCC3)ccc2c1)SN. The lowest BCUT2D eigenvalue weighted by Gasteiger charge is -2.29. The first-order valence-corrected chi connectivity index (χ1v) is 8.03. The van der Waals surface area contributed by atoms with Gasteiger partial charge in [-0.25, -0.2) is 0 Å². The highest BCUT2D eigenvalue weighted by Crippen LogP contribution is 2.25. The molecule has 0 atom stereocenters. The fourth-order valence-corrected chi connectivity index (χ4v) is 2.86. The van der Waals surface area contributed by atoms with Crippen LogP contribution >= 0.6 is 11.9 Å². The molecule has 1 aliphatic heterocycles. The molecule has 112 valence electrons. The number of fused-ring (bicyclic) bond motifs is 1. The van der Waals surface area contributed by atoms with E-state index in [2.05, 4.69) is 41.3 Å². The highest BCUT2D eigenvalue weighted by molar-refractivity contribution is 8.01. The van der Waals surface area contributed by atoms with Gasteiger partial charge in [-0.15, -0.1) is 0 Å². The van der Waals surface area contributed by atoms with E-state index >= 15 is 0 Å². The van der Waals surface area contributed by atoms with Crippen molar-refractivity contribution in [1.82, 2.24) is 0 Å². The normalized spacial score (nSPS) is 15.8. The maximum atomic E-state index is 8.95. The van der Waals surface area contributed by atoms with Gasteiger partial charge in [0.25, 0.3) is 0 Å². The number of hydrogen-bond acceptors (Lipinski definition) is 5. The van der Waals surface area contributed by atoms with E-state index in [4.69, 9.17) is 15.1 Å². The van der Waals surface area contributed by atoms with E-state index in [9.17, 15) is 0 Å². The molecule has 5 heteroatoms. The minimum Gasteiger partial charge on any atom is -0.378 e. The van der Waals surface area contributed by atoms with Crippen LogP contribution in [0.4, 0.5) is 5.69 Å². The molecule has 0 saturated carbocycles. The molecule has 1 heterocycles. The first kappa shape index (κ1) is 14.9. The molecule has 3 rings (SSSR count). The lowest BCUT2D eigenvalue weighted by Crippen LogP contribution is -2.36. The van der Waals surface area contributed by atoms with Gasteiger partial charge in [-0.1, -0.05) is 18.2 Å². The number of hydrogen-bond donors (Lipinski definition) is 1. The van der Waals surface area contributed by atoms with Crippen molar-refractivity contribution >= 4 is 34.5 Å². The van der Waals surface area contributed by atoms with Crippen molar-refractivity contribution in [2.75, 3.05) is 31.2 Å². The Balaban J connectivity index is 1.91. The summed E-state index contributed by atoms with van der Waals surface area (Å²) in [5.74, 6) is 0. The Morgan fingerprint density at radius 1 is 1.18 bits per heavy atom. The summed E-state index contributed by atoms with van der Waals surface area (Å²) < 4.78 is 5.40. The van der Waals surface area contributed by atoms with E-state index < -0.39 is 0 Å². The van der Waals surface area contributed by atoms with Crippen LogP contribution in [0.25, 0.3) is 16.8 Å². The van der Waals surface area contributed by atoms with Crippen molar-refractivity contribution < 1.29 is 4.74 Å². The van der Waals surface area contributed by atoms with Gasteiger partial charge in [0, 0.05) is 18.8 Å². The molecule has 2 N–H and O–H groups in total. The lowest BCUT2D eigenvalue weighted by atomic mass is 10.1. The molecule has 22 heavy (non-hydrogen) atoms. The Hall–Kier alpha value is -2.00. The summed E-state index contributed by atoms with van der Waals surface area (Å²) in [5.41, 5.74) is 2.22. The van der Waals surface area contributed by atoms with E-state index in [0.29, 0.717) is 4.91 Å². The van der Waals surface area contributed by atoms with Crippen molar-refractivity contribution in [3.63, 3.8) is 0 Å². The first-order valence-electron chi connectivity index (χ1n) is 7.15. The van der Waals surface area contributed by atoms with Gasteiger partial charge in [-0.3, -0.25) is 5.14 Å². The van der Waals surface area contributed by atoms with Crippen LogP contribution in [0.3, 0.4) is 0 Å². The highest BCUT2D eigenvalue weighted by atomic mass is 32.2. The zero-order chi connectivity index (χ0) is 15.4. The molecule has 2 aromatic carbocycles. The van der Waals surface area contributed by atoms with Gasteiger partial charge in [0.2, 0.25) is 0 Å². The van der Waals surface area contributed by atoms with Gasteiger partial charge in [-0.2, -0.15) is 5.26 Å². The van der Waals surface area contributed by atoms with Crippen molar-refractivity contribution in [1.29, 1.82) is 5.26 Å². The van der Waals surface area contributed by atoms with Crippen molar-refractivity contribution in [3.05, 3.63) is 46.9 Å². The summed E-state index contributed by atoms with van der Waals surface area (Å²) in [6, 6.07) is 14.7. The molecule has 4 nitrogen and oxygen atoms in total. The molecule has 2 aromatic rings. The minimum absolute atomic E-state index is 0.504. The van der Waals surface area contributed by atoms with Crippen LogP contribution in [-0.2, 0) is 4.74 Å². The van der Waals surface area contributed by atoms with Crippen molar-refractivity contribution in [3.8, 4) is 6.07 Å². The van der Waals surface area contributed by atoms with Gasteiger partial charge in [-0.05, 0) is 52.6 Å². The maximum Gasteiger partial charge on any atom is 0.107 e. The first-order chi connectivity index (χ1) is 10.8. The van der Waals surface area contributed by atoms with Crippen LogP contribution < -0.4 is 10.0 Å². The molecule has 0 bridgehead atoms. The second-order valence-corrected chi connectivity index (χ2v) is 5.80. The molecule has 0 radical (unpaired) electrons. The molecule has 1 saturated heterocycles. The fraction of sp³-hybridized carbons (Fsp3) is 0.235. The number of ether oxygens (including phenoxy) is 1. The quantitative estimate of drug-likeness (QED) is 0.697. The standard InChI is InChI=1S/C17H17N3OS/c18-12-17(22-19)10-13-1-2-15-11-16(4-3-14(15)9-13)20-5-7-21-8-6-20/h1-4,9-11H,5-8,19H2/b17-10+. The van der Waals surface area contributed by atoms with Crippen LogP contribution in [0, 0.1) is 11.3 Å². The van der Waals surface area contributed by atoms with Gasteiger partial charge in [0.05, 0.1) is 13.2 Å². The summed E-state index contributed by atoms with van der Waals surface area (Å²) in [6.07, 6.45) is 1.81. The van der Waals surface area contributed by atoms with Crippen LogP contribution in [0.5, 0.6) is 0 Å². The molecule has 0 aromatic heterocycles. The highest BCUT2D eigenvalue weighted by Gasteiger charge is 2.11. The number of rotatable bonds is 3. The Bertz CT molecular complexity index is 745. The molecular weight excluding hydrogens is 294 g/mol. The zero-order valence-corrected chi connectivity index (χ0v) is 13.0. The second-order valence-electron chi connectivity index (χ2n) is 5.13. The number of morpholine rings is 1. The fourth-order valence-electron chi connectivity index (χ4n) is 2.60. The monoisotopic (exact) mass is 311 g/mol.